The highest BCUT2D eigenvalue weighted by molar-refractivity contribution is 7.97. The molecule has 1 fully saturated rings. The summed E-state index contributed by atoms with van der Waals surface area (Å²) in [4.78, 5) is 12.2. The Balaban J connectivity index is 1.92. The van der Waals surface area contributed by atoms with Crippen molar-refractivity contribution in [3.05, 3.63) is 48.0 Å². The van der Waals surface area contributed by atoms with E-state index in [1.165, 1.54) is 12.1 Å². The number of carboxylic acids is 1. The average Bonchev–Trinajstić information content (AvgIpc) is 2.84. The Hall–Kier alpha value is -2.38. The van der Waals surface area contributed by atoms with Crippen molar-refractivity contribution in [2.45, 2.75) is 55.3 Å². The number of carbonyl (C=O) groups is 1. The number of rotatable bonds is 11. The molecule has 7 N–H and O–H groups in total. The molecule has 0 bridgehead atoms. The molecule has 0 spiro atoms. The van der Waals surface area contributed by atoms with E-state index >= 15 is 0 Å². The Morgan fingerprint density at radius 3 is 2.50 bits per heavy atom. The van der Waals surface area contributed by atoms with Crippen molar-refractivity contribution in [1.29, 1.82) is 0 Å². The molecule has 2 aromatic rings. The zero-order valence-corrected chi connectivity index (χ0v) is 19.4. The molecule has 3 rings (SSSR count). The Labute approximate surface area is 201 Å². The lowest BCUT2D eigenvalue weighted by Gasteiger charge is -2.40. The van der Waals surface area contributed by atoms with Crippen LogP contribution in [0.2, 0.25) is 0 Å². The summed E-state index contributed by atoms with van der Waals surface area (Å²) in [7, 11) is 0. The van der Waals surface area contributed by atoms with E-state index in [0.29, 0.717) is 28.6 Å². The molecule has 11 heteroatoms. The predicted molar refractivity (Wildman–Crippen MR) is 126 cm³/mol. The minimum Gasteiger partial charge on any atom is -0.478 e. The number of ether oxygens (including phenoxy) is 2. The van der Waals surface area contributed by atoms with E-state index in [-0.39, 0.29) is 5.56 Å². The SMILES string of the molecule is CCCCNc1cc(C(=O)O)cc(SNC2O[C@H](CO)[C@@H](O)[C@H](O)[C@@H]2O)c1Oc1ccccc1. The standard InChI is InChI=1S/C23H30N2O8S/c1-2-3-9-24-15-10-13(23(30)31)11-17(21(15)32-14-7-5-4-6-8-14)34-25-22-20(29)19(28)18(27)16(12-26)33-22/h4-8,10-11,16,18-20,22,24-29H,2-3,9,12H2,1H3,(H,30,31)/t16-,18-,19+,20+,22?/m1/s1. The van der Waals surface area contributed by atoms with Crippen molar-refractivity contribution >= 4 is 23.6 Å². The van der Waals surface area contributed by atoms with E-state index in [1.54, 1.807) is 12.1 Å². The van der Waals surface area contributed by atoms with E-state index < -0.39 is 43.2 Å². The summed E-state index contributed by atoms with van der Waals surface area (Å²) >= 11 is 0.940. The third kappa shape index (κ3) is 6.39. The number of unbranched alkanes of at least 4 members (excludes halogenated alkanes) is 1. The second-order valence-electron chi connectivity index (χ2n) is 7.82. The van der Waals surface area contributed by atoms with Crippen LogP contribution in [-0.4, -0.2) is 75.3 Å². The summed E-state index contributed by atoms with van der Waals surface area (Å²) in [5, 5.41) is 52.6. The van der Waals surface area contributed by atoms with Gasteiger partial charge in [0.25, 0.3) is 0 Å². The molecule has 5 atom stereocenters. The fourth-order valence-corrected chi connectivity index (χ4v) is 4.23. The zero-order chi connectivity index (χ0) is 24.7. The quantitative estimate of drug-likeness (QED) is 0.180. The van der Waals surface area contributed by atoms with Crippen LogP contribution in [0.3, 0.4) is 0 Å². The van der Waals surface area contributed by atoms with Gasteiger partial charge in [0.15, 0.2) is 5.75 Å². The van der Waals surface area contributed by atoms with Crippen molar-refractivity contribution in [3.8, 4) is 11.5 Å². The normalized spacial score (nSPS) is 24.6. The summed E-state index contributed by atoms with van der Waals surface area (Å²) in [5.41, 5.74) is 0.507. The van der Waals surface area contributed by atoms with Gasteiger partial charge in [0, 0.05) is 6.54 Å². The fraction of sp³-hybridized carbons (Fsp3) is 0.435. The van der Waals surface area contributed by atoms with Gasteiger partial charge in [0.2, 0.25) is 0 Å². The molecule has 186 valence electrons. The highest BCUT2D eigenvalue weighted by Crippen LogP contribution is 2.40. The smallest absolute Gasteiger partial charge is 0.335 e. The molecule has 1 aliphatic rings. The first-order valence-electron chi connectivity index (χ1n) is 11.0. The van der Waals surface area contributed by atoms with Crippen LogP contribution in [0.4, 0.5) is 5.69 Å². The van der Waals surface area contributed by atoms with Crippen LogP contribution in [0.5, 0.6) is 11.5 Å². The van der Waals surface area contributed by atoms with Crippen molar-refractivity contribution in [2.75, 3.05) is 18.5 Å². The lowest BCUT2D eigenvalue weighted by atomic mass is 9.99. The topological polar surface area (TPSA) is 161 Å². The van der Waals surface area contributed by atoms with Crippen molar-refractivity contribution in [1.82, 2.24) is 4.72 Å². The van der Waals surface area contributed by atoms with Crippen LogP contribution < -0.4 is 14.8 Å². The first kappa shape index (κ1) is 26.2. The van der Waals surface area contributed by atoms with Gasteiger partial charge in [-0.15, -0.1) is 0 Å². The van der Waals surface area contributed by atoms with Gasteiger partial charge in [-0.3, -0.25) is 0 Å². The maximum absolute atomic E-state index is 11.8. The van der Waals surface area contributed by atoms with Crippen LogP contribution in [-0.2, 0) is 4.74 Å². The molecule has 0 radical (unpaired) electrons. The van der Waals surface area contributed by atoms with Crippen LogP contribution in [0.25, 0.3) is 0 Å². The Morgan fingerprint density at radius 2 is 1.85 bits per heavy atom. The number of nitrogens with one attached hydrogen (secondary N) is 2. The fourth-order valence-electron chi connectivity index (χ4n) is 3.36. The number of aliphatic hydroxyl groups is 4. The largest absolute Gasteiger partial charge is 0.478 e. The maximum Gasteiger partial charge on any atom is 0.335 e. The minimum atomic E-state index is -1.54. The number of aliphatic hydroxyl groups excluding tert-OH is 4. The van der Waals surface area contributed by atoms with E-state index in [9.17, 15) is 30.3 Å². The zero-order valence-electron chi connectivity index (χ0n) is 18.6. The molecule has 1 aliphatic heterocycles. The van der Waals surface area contributed by atoms with E-state index in [1.807, 2.05) is 25.1 Å². The molecular weight excluding hydrogens is 464 g/mol. The van der Waals surface area contributed by atoms with Crippen molar-refractivity contribution in [2.24, 2.45) is 0 Å². The van der Waals surface area contributed by atoms with Crippen LogP contribution in [0.15, 0.2) is 47.4 Å². The molecule has 34 heavy (non-hydrogen) atoms. The van der Waals surface area contributed by atoms with Crippen LogP contribution in [0.1, 0.15) is 30.1 Å². The van der Waals surface area contributed by atoms with Gasteiger partial charge in [-0.1, -0.05) is 31.5 Å². The Kier molecular flexibility index (Phi) is 9.54. The minimum absolute atomic E-state index is 0.0255. The lowest BCUT2D eigenvalue weighted by Crippen LogP contribution is -2.61. The Bertz CT molecular complexity index is 946. The monoisotopic (exact) mass is 494 g/mol. The number of anilines is 1. The van der Waals surface area contributed by atoms with Crippen molar-refractivity contribution < 1.29 is 39.8 Å². The van der Waals surface area contributed by atoms with Gasteiger partial charge in [0.05, 0.1) is 22.8 Å². The average molecular weight is 495 g/mol. The number of aromatic carboxylic acids is 1. The third-order valence-corrected chi connectivity index (χ3v) is 6.16. The van der Waals surface area contributed by atoms with E-state index in [4.69, 9.17) is 9.47 Å². The molecule has 0 aliphatic carbocycles. The van der Waals surface area contributed by atoms with Gasteiger partial charge < -0.3 is 40.3 Å². The molecular formula is C23H30N2O8S. The predicted octanol–water partition coefficient (Wildman–Crippen LogP) is 1.79. The summed E-state index contributed by atoms with van der Waals surface area (Å²) in [6, 6.07) is 11.9. The molecule has 0 saturated carbocycles. The van der Waals surface area contributed by atoms with Gasteiger partial charge >= 0.3 is 5.97 Å². The second-order valence-corrected chi connectivity index (χ2v) is 8.70. The maximum atomic E-state index is 11.8. The van der Waals surface area contributed by atoms with Gasteiger partial charge in [-0.05, 0) is 42.6 Å². The summed E-state index contributed by atoms with van der Waals surface area (Å²) in [5.74, 6) is -0.215. The second kappa shape index (κ2) is 12.4. The molecule has 1 saturated heterocycles. The molecule has 1 unspecified atom stereocenters. The summed E-state index contributed by atoms with van der Waals surface area (Å²) in [6.07, 6.45) is -4.93. The summed E-state index contributed by atoms with van der Waals surface area (Å²) < 4.78 is 14.4. The highest BCUT2D eigenvalue weighted by atomic mass is 32.2. The number of hydrogen-bond donors (Lipinski definition) is 7. The molecule has 0 amide bonds. The van der Waals surface area contributed by atoms with Gasteiger partial charge in [-0.2, -0.15) is 0 Å². The molecule has 1 heterocycles. The third-order valence-electron chi connectivity index (χ3n) is 5.29. The van der Waals surface area contributed by atoms with E-state index in [0.717, 1.165) is 24.8 Å². The van der Waals surface area contributed by atoms with Gasteiger partial charge in [0.1, 0.15) is 36.4 Å². The number of hydrogen-bond acceptors (Lipinski definition) is 10. The Morgan fingerprint density at radius 1 is 1.12 bits per heavy atom. The number of carboxylic acid groups (broad SMARTS) is 1. The first-order valence-corrected chi connectivity index (χ1v) is 11.8. The van der Waals surface area contributed by atoms with E-state index in [2.05, 4.69) is 10.0 Å². The number of benzene rings is 2. The van der Waals surface area contributed by atoms with Crippen LogP contribution >= 0.6 is 11.9 Å². The molecule has 10 nitrogen and oxygen atoms in total. The molecule has 0 aromatic heterocycles. The van der Waals surface area contributed by atoms with Crippen molar-refractivity contribution in [3.63, 3.8) is 0 Å². The summed E-state index contributed by atoms with van der Waals surface area (Å²) in [6.45, 7) is 2.09. The first-order chi connectivity index (χ1) is 16.3. The number of para-hydroxylation sites is 1. The lowest BCUT2D eigenvalue weighted by molar-refractivity contribution is -0.231. The van der Waals surface area contributed by atoms with Crippen LogP contribution in [0, 0.1) is 0 Å². The highest BCUT2D eigenvalue weighted by Gasteiger charge is 2.43. The van der Waals surface area contributed by atoms with Gasteiger partial charge in [-0.25, -0.2) is 9.52 Å². The molecule has 2 aromatic carbocycles.